The van der Waals surface area contributed by atoms with E-state index >= 15 is 0 Å². The Hall–Kier alpha value is -1.06. The summed E-state index contributed by atoms with van der Waals surface area (Å²) < 4.78 is 6.01. The lowest BCUT2D eigenvalue weighted by atomic mass is 9.75. The maximum atomic E-state index is 9.74. The third-order valence-corrected chi connectivity index (χ3v) is 4.37. The predicted octanol–water partition coefficient (Wildman–Crippen LogP) is 1.74. The standard InChI is InChI=1S/C15H21NO2/c17-11-15(5-7-16-8-6-15)10-13-9-12-3-1-2-4-14(12)18-13/h1-4,13,16-17H,5-11H2. The number of aliphatic hydroxyl groups is 1. The van der Waals surface area contributed by atoms with Crippen molar-refractivity contribution in [2.75, 3.05) is 19.7 Å². The largest absolute Gasteiger partial charge is 0.490 e. The van der Waals surface area contributed by atoms with Crippen LogP contribution in [0, 0.1) is 5.41 Å². The molecular formula is C15H21NO2. The van der Waals surface area contributed by atoms with Gasteiger partial charge in [0.25, 0.3) is 0 Å². The monoisotopic (exact) mass is 247 g/mol. The Morgan fingerprint density at radius 1 is 1.28 bits per heavy atom. The molecule has 1 unspecified atom stereocenters. The van der Waals surface area contributed by atoms with E-state index in [1.165, 1.54) is 5.56 Å². The van der Waals surface area contributed by atoms with Crippen LogP contribution in [0.3, 0.4) is 0 Å². The van der Waals surface area contributed by atoms with E-state index in [-0.39, 0.29) is 18.1 Å². The Morgan fingerprint density at radius 2 is 2.06 bits per heavy atom. The van der Waals surface area contributed by atoms with Crippen LogP contribution >= 0.6 is 0 Å². The Labute approximate surface area is 108 Å². The summed E-state index contributed by atoms with van der Waals surface area (Å²) in [5.74, 6) is 1.03. The van der Waals surface area contributed by atoms with E-state index in [9.17, 15) is 5.11 Å². The summed E-state index contributed by atoms with van der Waals surface area (Å²) in [4.78, 5) is 0. The fourth-order valence-corrected chi connectivity index (χ4v) is 3.23. The first kappa shape index (κ1) is 12.0. The van der Waals surface area contributed by atoms with Crippen LogP contribution in [0.15, 0.2) is 24.3 Å². The van der Waals surface area contributed by atoms with Crippen LogP contribution in [0.25, 0.3) is 0 Å². The second kappa shape index (κ2) is 4.90. The first-order valence-electron chi connectivity index (χ1n) is 6.87. The Kier molecular flexibility index (Phi) is 3.27. The number of hydrogen-bond donors (Lipinski definition) is 2. The third-order valence-electron chi connectivity index (χ3n) is 4.37. The van der Waals surface area contributed by atoms with Crippen LogP contribution in [0.4, 0.5) is 0 Å². The summed E-state index contributed by atoms with van der Waals surface area (Å²) in [6.45, 7) is 2.31. The van der Waals surface area contributed by atoms with E-state index in [0.717, 1.165) is 44.5 Å². The van der Waals surface area contributed by atoms with Gasteiger partial charge in [0, 0.05) is 13.0 Å². The summed E-state index contributed by atoms with van der Waals surface area (Å²) in [6, 6.07) is 8.28. The molecule has 1 atom stereocenters. The van der Waals surface area contributed by atoms with Gasteiger partial charge in [0.05, 0.1) is 0 Å². The van der Waals surface area contributed by atoms with Crippen molar-refractivity contribution >= 4 is 0 Å². The Balaban J connectivity index is 1.67. The van der Waals surface area contributed by atoms with Crippen LogP contribution in [-0.4, -0.2) is 30.9 Å². The second-order valence-electron chi connectivity index (χ2n) is 5.66. The Morgan fingerprint density at radius 3 is 2.78 bits per heavy atom. The first-order chi connectivity index (χ1) is 8.81. The van der Waals surface area contributed by atoms with E-state index in [1.54, 1.807) is 0 Å². The number of hydrogen-bond acceptors (Lipinski definition) is 3. The van der Waals surface area contributed by atoms with E-state index < -0.39 is 0 Å². The highest BCUT2D eigenvalue weighted by Gasteiger charge is 2.36. The number of piperidine rings is 1. The van der Waals surface area contributed by atoms with Gasteiger partial charge in [-0.15, -0.1) is 0 Å². The summed E-state index contributed by atoms with van der Waals surface area (Å²) in [7, 11) is 0. The maximum Gasteiger partial charge on any atom is 0.123 e. The van der Waals surface area contributed by atoms with Gasteiger partial charge in [-0.2, -0.15) is 0 Å². The van der Waals surface area contributed by atoms with E-state index in [2.05, 4.69) is 17.4 Å². The molecule has 0 aromatic heterocycles. The molecule has 0 bridgehead atoms. The average Bonchev–Trinajstić information content (AvgIpc) is 2.81. The summed E-state index contributed by atoms with van der Waals surface area (Å²) >= 11 is 0. The van der Waals surface area contributed by atoms with Gasteiger partial charge in [-0.1, -0.05) is 18.2 Å². The van der Waals surface area contributed by atoms with Crippen molar-refractivity contribution < 1.29 is 9.84 Å². The first-order valence-corrected chi connectivity index (χ1v) is 6.87. The van der Waals surface area contributed by atoms with Crippen molar-refractivity contribution in [1.82, 2.24) is 5.32 Å². The zero-order valence-electron chi connectivity index (χ0n) is 10.7. The topological polar surface area (TPSA) is 41.5 Å². The van der Waals surface area contributed by atoms with Gasteiger partial charge in [0.15, 0.2) is 0 Å². The van der Waals surface area contributed by atoms with Gasteiger partial charge in [-0.25, -0.2) is 0 Å². The number of ether oxygens (including phenoxy) is 1. The molecule has 3 rings (SSSR count). The molecule has 98 valence electrons. The fraction of sp³-hybridized carbons (Fsp3) is 0.600. The Bertz CT molecular complexity index is 388. The normalized spacial score (nSPS) is 25.5. The molecule has 2 heterocycles. The van der Waals surface area contributed by atoms with Crippen molar-refractivity contribution in [2.45, 2.75) is 31.8 Å². The van der Waals surface area contributed by atoms with Gasteiger partial charge in [0.1, 0.15) is 11.9 Å². The second-order valence-corrected chi connectivity index (χ2v) is 5.66. The van der Waals surface area contributed by atoms with Gasteiger partial charge in [-0.3, -0.25) is 0 Å². The van der Waals surface area contributed by atoms with Crippen LogP contribution in [0.5, 0.6) is 5.75 Å². The molecule has 0 radical (unpaired) electrons. The average molecular weight is 247 g/mol. The summed E-state index contributed by atoms with van der Waals surface area (Å²) in [6.07, 6.45) is 4.32. The van der Waals surface area contributed by atoms with Gasteiger partial charge < -0.3 is 15.2 Å². The van der Waals surface area contributed by atoms with Crippen molar-refractivity contribution in [1.29, 1.82) is 0 Å². The van der Waals surface area contributed by atoms with Crippen molar-refractivity contribution in [3.63, 3.8) is 0 Å². The lowest BCUT2D eigenvalue weighted by Crippen LogP contribution is -2.42. The molecule has 0 saturated carbocycles. The van der Waals surface area contributed by atoms with Crippen LogP contribution in [0.2, 0.25) is 0 Å². The number of benzene rings is 1. The molecule has 1 saturated heterocycles. The molecule has 0 aliphatic carbocycles. The highest BCUT2D eigenvalue weighted by Crippen LogP contribution is 2.38. The zero-order chi connectivity index (χ0) is 12.4. The predicted molar refractivity (Wildman–Crippen MR) is 70.8 cm³/mol. The lowest BCUT2D eigenvalue weighted by Gasteiger charge is -2.37. The van der Waals surface area contributed by atoms with E-state index in [0.29, 0.717) is 0 Å². The minimum Gasteiger partial charge on any atom is -0.490 e. The fourth-order valence-electron chi connectivity index (χ4n) is 3.23. The minimum absolute atomic E-state index is 0.0674. The summed E-state index contributed by atoms with van der Waals surface area (Å²) in [5.41, 5.74) is 1.38. The number of nitrogens with one attached hydrogen (secondary N) is 1. The molecule has 18 heavy (non-hydrogen) atoms. The molecule has 3 nitrogen and oxygen atoms in total. The molecular weight excluding hydrogens is 226 g/mol. The molecule has 2 aliphatic heterocycles. The number of fused-ring (bicyclic) bond motifs is 1. The van der Waals surface area contributed by atoms with Crippen LogP contribution in [-0.2, 0) is 6.42 Å². The van der Waals surface area contributed by atoms with E-state index in [1.807, 2.05) is 12.1 Å². The third kappa shape index (κ3) is 2.25. The highest BCUT2D eigenvalue weighted by atomic mass is 16.5. The quantitative estimate of drug-likeness (QED) is 0.855. The SMILES string of the molecule is OCC1(CC2Cc3ccccc3O2)CCNCC1. The smallest absolute Gasteiger partial charge is 0.123 e. The van der Waals surface area contributed by atoms with E-state index in [4.69, 9.17) is 4.74 Å². The molecule has 1 aromatic carbocycles. The molecule has 3 heteroatoms. The molecule has 0 spiro atoms. The van der Waals surface area contributed by atoms with Crippen LogP contribution < -0.4 is 10.1 Å². The molecule has 2 aliphatic rings. The molecule has 1 aromatic rings. The van der Waals surface area contributed by atoms with Gasteiger partial charge in [-0.05, 0) is 49.4 Å². The number of para-hydroxylation sites is 1. The molecule has 0 amide bonds. The molecule has 2 N–H and O–H groups in total. The van der Waals surface area contributed by atoms with Crippen molar-refractivity contribution in [3.05, 3.63) is 29.8 Å². The number of rotatable bonds is 3. The van der Waals surface area contributed by atoms with Gasteiger partial charge in [0.2, 0.25) is 0 Å². The highest BCUT2D eigenvalue weighted by molar-refractivity contribution is 5.37. The number of aliphatic hydroxyl groups excluding tert-OH is 1. The van der Waals surface area contributed by atoms with Gasteiger partial charge >= 0.3 is 0 Å². The molecule has 1 fully saturated rings. The minimum atomic E-state index is 0.0674. The van der Waals surface area contributed by atoms with Crippen molar-refractivity contribution in [3.8, 4) is 5.75 Å². The zero-order valence-corrected chi connectivity index (χ0v) is 10.7. The maximum absolute atomic E-state index is 9.74. The lowest BCUT2D eigenvalue weighted by molar-refractivity contribution is 0.0426. The summed E-state index contributed by atoms with van der Waals surface area (Å²) in [5, 5.41) is 13.1. The van der Waals surface area contributed by atoms with Crippen molar-refractivity contribution in [2.24, 2.45) is 5.41 Å². The van der Waals surface area contributed by atoms with Crippen LogP contribution in [0.1, 0.15) is 24.8 Å².